The molecule has 1 aliphatic rings. The third-order valence-corrected chi connectivity index (χ3v) is 3.26. The Morgan fingerprint density at radius 3 is 2.50 bits per heavy atom. The molecule has 0 aromatic heterocycles. The number of aliphatic hydroxyl groups excluding tert-OH is 1. The van der Waals surface area contributed by atoms with Crippen LogP contribution in [0.5, 0.6) is 5.75 Å². The Morgan fingerprint density at radius 2 is 1.85 bits per heavy atom. The molecule has 1 unspecified atom stereocenters. The summed E-state index contributed by atoms with van der Waals surface area (Å²) in [7, 11) is 0. The Hall–Kier alpha value is -1.49. The fraction of sp³-hybridized carbons (Fsp3) is 0.467. The van der Waals surface area contributed by atoms with E-state index in [9.17, 15) is 18.3 Å². The zero-order valence-electron chi connectivity index (χ0n) is 11.0. The van der Waals surface area contributed by atoms with Crippen molar-refractivity contribution in [1.29, 1.82) is 0 Å². The van der Waals surface area contributed by atoms with Gasteiger partial charge in [-0.1, -0.05) is 30.2 Å². The second-order valence-corrected chi connectivity index (χ2v) is 5.01. The summed E-state index contributed by atoms with van der Waals surface area (Å²) in [5.74, 6) is -0.212. The van der Waals surface area contributed by atoms with E-state index in [0.717, 1.165) is 36.8 Å². The first kappa shape index (κ1) is 14.9. The van der Waals surface area contributed by atoms with E-state index in [-0.39, 0.29) is 5.75 Å². The molecular formula is C15H17F3O2. The maximum atomic E-state index is 12.0. The Bertz CT molecular complexity index is 463. The van der Waals surface area contributed by atoms with Gasteiger partial charge < -0.3 is 9.84 Å². The Kier molecular flexibility index (Phi) is 4.70. The number of benzene rings is 1. The summed E-state index contributed by atoms with van der Waals surface area (Å²) in [6.45, 7) is 0. The third kappa shape index (κ3) is 4.89. The predicted octanol–water partition coefficient (Wildman–Crippen LogP) is 3.99. The lowest BCUT2D eigenvalue weighted by molar-refractivity contribution is -0.274. The minimum Gasteiger partial charge on any atom is -0.406 e. The number of ether oxygens (including phenoxy) is 1. The Balaban J connectivity index is 2.00. The fourth-order valence-corrected chi connectivity index (χ4v) is 2.36. The average Bonchev–Trinajstić information content (AvgIpc) is 2.54. The monoisotopic (exact) mass is 286 g/mol. The van der Waals surface area contributed by atoms with Gasteiger partial charge in [0.15, 0.2) is 0 Å². The third-order valence-electron chi connectivity index (χ3n) is 3.26. The Morgan fingerprint density at radius 1 is 1.15 bits per heavy atom. The van der Waals surface area contributed by atoms with Gasteiger partial charge in [-0.2, -0.15) is 0 Å². The molecule has 0 radical (unpaired) electrons. The van der Waals surface area contributed by atoms with E-state index in [1.54, 1.807) is 12.1 Å². The zero-order chi connectivity index (χ0) is 14.6. The van der Waals surface area contributed by atoms with E-state index in [1.165, 1.54) is 12.1 Å². The highest BCUT2D eigenvalue weighted by Gasteiger charge is 2.30. The van der Waals surface area contributed by atoms with Gasteiger partial charge in [-0.15, -0.1) is 13.2 Å². The molecule has 1 atom stereocenters. The van der Waals surface area contributed by atoms with Crippen LogP contribution in [-0.4, -0.2) is 17.6 Å². The molecule has 0 fully saturated rings. The molecule has 0 heterocycles. The van der Waals surface area contributed by atoms with Crippen LogP contribution in [0.2, 0.25) is 0 Å². The Labute approximate surface area is 115 Å². The highest BCUT2D eigenvalue weighted by atomic mass is 19.4. The average molecular weight is 286 g/mol. The molecule has 0 amide bonds. The van der Waals surface area contributed by atoms with Crippen LogP contribution in [0.4, 0.5) is 13.2 Å². The molecule has 0 saturated carbocycles. The first-order chi connectivity index (χ1) is 9.42. The predicted molar refractivity (Wildman–Crippen MR) is 69.4 cm³/mol. The van der Waals surface area contributed by atoms with Gasteiger partial charge in [0.2, 0.25) is 0 Å². The van der Waals surface area contributed by atoms with Gasteiger partial charge in [-0.3, -0.25) is 0 Å². The molecule has 0 spiro atoms. The minimum atomic E-state index is -4.66. The van der Waals surface area contributed by atoms with Crippen LogP contribution in [0.1, 0.15) is 31.2 Å². The minimum absolute atomic E-state index is 0.212. The van der Waals surface area contributed by atoms with E-state index >= 15 is 0 Å². The standard InChI is InChI=1S/C15H17F3O2/c16-15(17,18)20-14-7-5-11(6-8-14)9-12-3-1-2-4-13(19)10-12/h5-8,10,13,19H,1-4,9H2. The van der Waals surface area contributed by atoms with E-state index in [2.05, 4.69) is 4.74 Å². The topological polar surface area (TPSA) is 29.5 Å². The molecular weight excluding hydrogens is 269 g/mol. The van der Waals surface area contributed by atoms with Gasteiger partial charge in [-0.25, -0.2) is 0 Å². The van der Waals surface area contributed by atoms with Crippen LogP contribution in [0.15, 0.2) is 35.9 Å². The molecule has 2 rings (SSSR count). The molecule has 1 aromatic rings. The van der Waals surface area contributed by atoms with E-state index in [1.807, 2.05) is 6.08 Å². The van der Waals surface area contributed by atoms with Crippen molar-refractivity contribution < 1.29 is 23.0 Å². The summed E-state index contributed by atoms with van der Waals surface area (Å²) in [6, 6.07) is 5.88. The summed E-state index contributed by atoms with van der Waals surface area (Å²) < 4.78 is 40.0. The number of hydrogen-bond donors (Lipinski definition) is 1. The SMILES string of the molecule is OC1C=C(Cc2ccc(OC(F)(F)F)cc2)CCCC1. The molecule has 1 aromatic carbocycles. The van der Waals surface area contributed by atoms with Crippen molar-refractivity contribution in [2.24, 2.45) is 0 Å². The molecule has 1 N–H and O–H groups in total. The molecule has 0 bridgehead atoms. The first-order valence-electron chi connectivity index (χ1n) is 6.65. The molecule has 2 nitrogen and oxygen atoms in total. The second-order valence-electron chi connectivity index (χ2n) is 5.01. The molecule has 1 aliphatic carbocycles. The number of alkyl halides is 3. The molecule has 0 saturated heterocycles. The van der Waals surface area contributed by atoms with Gasteiger partial charge in [0.1, 0.15) is 5.75 Å². The van der Waals surface area contributed by atoms with Crippen LogP contribution in [-0.2, 0) is 6.42 Å². The highest BCUT2D eigenvalue weighted by molar-refractivity contribution is 5.30. The summed E-state index contributed by atoms with van der Waals surface area (Å²) >= 11 is 0. The van der Waals surface area contributed by atoms with Crippen molar-refractivity contribution in [3.05, 3.63) is 41.5 Å². The normalized spacial score (nSPS) is 20.2. The van der Waals surface area contributed by atoms with Crippen LogP contribution >= 0.6 is 0 Å². The maximum Gasteiger partial charge on any atom is 0.573 e. The number of rotatable bonds is 3. The van der Waals surface area contributed by atoms with E-state index < -0.39 is 12.5 Å². The van der Waals surface area contributed by atoms with Crippen molar-refractivity contribution >= 4 is 0 Å². The van der Waals surface area contributed by atoms with Gasteiger partial charge in [0.25, 0.3) is 0 Å². The van der Waals surface area contributed by atoms with Crippen LogP contribution in [0.25, 0.3) is 0 Å². The molecule has 110 valence electrons. The summed E-state index contributed by atoms with van der Waals surface area (Å²) in [5.41, 5.74) is 2.05. The highest BCUT2D eigenvalue weighted by Crippen LogP contribution is 2.25. The smallest absolute Gasteiger partial charge is 0.406 e. The summed E-state index contributed by atoms with van der Waals surface area (Å²) in [4.78, 5) is 0. The zero-order valence-corrected chi connectivity index (χ0v) is 11.0. The number of halogens is 3. The number of aliphatic hydroxyl groups is 1. The number of allylic oxidation sites excluding steroid dienone is 1. The summed E-state index contributed by atoms with van der Waals surface area (Å²) in [6.07, 6.45) is 1.21. The van der Waals surface area contributed by atoms with Crippen molar-refractivity contribution in [2.75, 3.05) is 0 Å². The second kappa shape index (κ2) is 6.31. The van der Waals surface area contributed by atoms with E-state index in [0.29, 0.717) is 6.42 Å². The fourth-order valence-electron chi connectivity index (χ4n) is 2.36. The van der Waals surface area contributed by atoms with E-state index in [4.69, 9.17) is 0 Å². The number of hydrogen-bond acceptors (Lipinski definition) is 2. The molecule has 20 heavy (non-hydrogen) atoms. The van der Waals surface area contributed by atoms with Crippen molar-refractivity contribution in [2.45, 2.75) is 44.6 Å². The van der Waals surface area contributed by atoms with Crippen LogP contribution in [0, 0.1) is 0 Å². The van der Waals surface area contributed by atoms with Crippen molar-refractivity contribution in [3.8, 4) is 5.75 Å². The van der Waals surface area contributed by atoms with Gasteiger partial charge in [-0.05, 0) is 43.4 Å². The largest absolute Gasteiger partial charge is 0.573 e. The van der Waals surface area contributed by atoms with Crippen LogP contribution in [0.3, 0.4) is 0 Å². The molecule has 5 heteroatoms. The first-order valence-corrected chi connectivity index (χ1v) is 6.65. The maximum absolute atomic E-state index is 12.0. The van der Waals surface area contributed by atoms with Gasteiger partial charge in [0, 0.05) is 0 Å². The van der Waals surface area contributed by atoms with Crippen molar-refractivity contribution in [1.82, 2.24) is 0 Å². The van der Waals surface area contributed by atoms with Crippen LogP contribution < -0.4 is 4.74 Å². The summed E-state index contributed by atoms with van der Waals surface area (Å²) in [5, 5.41) is 9.69. The lowest BCUT2D eigenvalue weighted by Gasteiger charge is -2.10. The van der Waals surface area contributed by atoms with Gasteiger partial charge in [0.05, 0.1) is 6.10 Å². The van der Waals surface area contributed by atoms with Crippen molar-refractivity contribution in [3.63, 3.8) is 0 Å². The molecule has 0 aliphatic heterocycles. The quantitative estimate of drug-likeness (QED) is 0.851. The van der Waals surface area contributed by atoms with Gasteiger partial charge >= 0.3 is 6.36 Å². The lowest BCUT2D eigenvalue weighted by Crippen LogP contribution is -2.17. The lowest BCUT2D eigenvalue weighted by atomic mass is 10.0.